The minimum absolute atomic E-state index is 0.0438. The molecule has 10 fully saturated rings. The molecule has 6 bridgehead atoms. The standard InChI is InChI=1S/C25H33N5O3S.C24H31N5O4S.C24H33N5O3S.C22H29N5O3S/c1-4-14(3)27-20-9-13(2)19(12-26-20)22-21(25(33)30-16-5-6-17(30)8-7-16)29-24(34-22)23(32)28-15-10-18(31)11-15;1-12(2)26-19-8-13(3)16(9-25-19)21-20(24(32)29-14-4-5-15(29)7-6-14)28-23(34-21)22(31)27-17-10-33-11-18(17)30;1-5-14(3)26-19-10-13(2)18(11-25-19)21-20(24(32)29-16-6-7-17(29)9-8-16)28-23(33-21)22(31)27-15(4)12-30;1-11(2)24-17-8-12(3)14(10-23-17)19-18(22(30)27-7-5-6-13(27)4)26-21(31-19)20(29)25-15-9-16(15)28/h9,12,14-18,31H,4-8,10-11H2,1-3H3,(H,26,27)(H,28,32);8-9,12,14-15,17-18,30H,4-7,10-11H2,1-3H3,(H,25,26)(H,27,31);10-11,14-17,30H,5-9,12H2,1-4H3,(H,25,26)(H,27,31);8,10-11,13,15-16,28H,5-7,9H2,1-4H3,(H,23,24)(H,25,29)/t14-,15?,16?,17?,18?;14?,15?,17-,18+;14-,15-,16?,17?;13-,15-,16-/m1110/s1. The fourth-order valence-corrected chi connectivity index (χ4v) is 23.1. The Kier molecular flexibility index (Phi) is 30.5. The zero-order chi connectivity index (χ0) is 93.9. The Morgan fingerprint density at radius 2 is 0.750 bits per heavy atom. The van der Waals surface area contributed by atoms with Gasteiger partial charge in [-0.25, -0.2) is 39.9 Å². The first-order valence-electron chi connectivity index (χ1n) is 46.9. The number of fused-ring (bicyclic) bond motifs is 6. The van der Waals surface area contributed by atoms with Crippen molar-refractivity contribution in [1.29, 1.82) is 0 Å². The van der Waals surface area contributed by atoms with Crippen molar-refractivity contribution >= 4 is 116 Å². The van der Waals surface area contributed by atoms with E-state index in [4.69, 9.17) is 4.74 Å². The van der Waals surface area contributed by atoms with Gasteiger partial charge in [-0.1, -0.05) is 13.8 Å². The molecule has 132 heavy (non-hydrogen) atoms. The van der Waals surface area contributed by atoms with Gasteiger partial charge < -0.3 is 87.3 Å². The predicted molar refractivity (Wildman–Crippen MR) is 511 cm³/mol. The van der Waals surface area contributed by atoms with Crippen LogP contribution < -0.4 is 42.5 Å². The third kappa shape index (κ3) is 21.6. The highest BCUT2D eigenvalue weighted by Gasteiger charge is 2.48. The van der Waals surface area contributed by atoms with Gasteiger partial charge in [0.2, 0.25) is 0 Å². The minimum atomic E-state index is -0.753. The lowest BCUT2D eigenvalue weighted by Crippen LogP contribution is -2.46. The van der Waals surface area contributed by atoms with Crippen molar-refractivity contribution in [3.05, 3.63) is 114 Å². The lowest BCUT2D eigenvalue weighted by molar-refractivity contribution is 0.0560. The average Bonchev–Trinajstić information content (AvgIpc) is 1.62. The maximum atomic E-state index is 13.7. The van der Waals surface area contributed by atoms with Crippen LogP contribution in [-0.2, 0) is 4.74 Å². The summed E-state index contributed by atoms with van der Waals surface area (Å²) in [4.78, 5) is 153. The molecule has 2 aliphatic carbocycles. The number of likely N-dealkylation sites (tertiary alicyclic amines) is 1. The molecular weight excluding hydrogens is 1760 g/mol. The van der Waals surface area contributed by atoms with Crippen LogP contribution in [0.15, 0.2) is 49.1 Å². The van der Waals surface area contributed by atoms with E-state index < -0.39 is 30.2 Å². The van der Waals surface area contributed by atoms with Gasteiger partial charge in [-0.2, -0.15) is 0 Å². The molecule has 8 saturated heterocycles. The third-order valence-electron chi connectivity index (χ3n) is 26.8. The first-order valence-corrected chi connectivity index (χ1v) is 50.2. The highest BCUT2D eigenvalue weighted by atomic mass is 32.1. The van der Waals surface area contributed by atoms with Crippen molar-refractivity contribution in [2.75, 3.05) is 47.6 Å². The molecule has 0 aromatic carbocycles. The van der Waals surface area contributed by atoms with Crippen molar-refractivity contribution in [3.8, 4) is 41.8 Å². The van der Waals surface area contributed by atoms with E-state index in [9.17, 15) is 58.8 Å². The zero-order valence-electron chi connectivity index (χ0n) is 77.7. The number of anilines is 4. The molecule has 708 valence electrons. The summed E-state index contributed by atoms with van der Waals surface area (Å²) in [5.41, 5.74) is 8.39. The second-order valence-corrected chi connectivity index (χ2v) is 41.8. The summed E-state index contributed by atoms with van der Waals surface area (Å²) in [6.45, 7) is 29.3. The topological polar surface area (TPSA) is 439 Å². The minimum Gasteiger partial charge on any atom is -0.394 e. The zero-order valence-corrected chi connectivity index (χ0v) is 81.0. The van der Waals surface area contributed by atoms with Gasteiger partial charge in [-0.3, -0.25) is 38.4 Å². The number of aromatic nitrogens is 8. The molecule has 8 atom stereocenters. The summed E-state index contributed by atoms with van der Waals surface area (Å²) in [5, 5.41) is 64.0. The van der Waals surface area contributed by atoms with E-state index in [1.165, 1.54) is 45.3 Å². The number of carbonyl (C=O) groups is 8. The molecule has 8 aromatic rings. The molecule has 8 aromatic heterocycles. The molecular formula is C95H126N20O13S4. The van der Waals surface area contributed by atoms with E-state index in [2.05, 4.69) is 110 Å². The summed E-state index contributed by atoms with van der Waals surface area (Å²) >= 11 is 4.86. The first kappa shape index (κ1) is 96.5. The number of pyridine rings is 4. The highest BCUT2D eigenvalue weighted by molar-refractivity contribution is 7.18. The number of ether oxygens (including phenoxy) is 1. The summed E-state index contributed by atoms with van der Waals surface area (Å²) in [6, 6.07) is 9.57. The summed E-state index contributed by atoms with van der Waals surface area (Å²) in [5.74, 6) is 1.26. The van der Waals surface area contributed by atoms with Gasteiger partial charge in [0.25, 0.3) is 47.3 Å². The van der Waals surface area contributed by atoms with Crippen molar-refractivity contribution in [3.63, 3.8) is 0 Å². The van der Waals surface area contributed by atoms with Crippen LogP contribution in [0.4, 0.5) is 23.3 Å². The number of thiazole rings is 4. The van der Waals surface area contributed by atoms with Crippen LogP contribution in [0.2, 0.25) is 0 Å². The van der Waals surface area contributed by atoms with Crippen LogP contribution in [0.1, 0.15) is 295 Å². The van der Waals surface area contributed by atoms with E-state index in [0.29, 0.717) is 80.2 Å². The first-order chi connectivity index (χ1) is 63.2. The van der Waals surface area contributed by atoms with E-state index in [0.717, 1.165) is 171 Å². The second-order valence-electron chi connectivity index (χ2n) is 37.8. The maximum absolute atomic E-state index is 13.7. The van der Waals surface area contributed by atoms with Crippen LogP contribution in [0, 0.1) is 27.7 Å². The Bertz CT molecular complexity index is 5520. The third-order valence-corrected chi connectivity index (χ3v) is 31.2. The fraction of sp³-hybridized carbons (Fsp3) is 0.579. The SMILES string of the molecule is CC[C@@H](C)Nc1cc(C)c(-c2sc(C(=O)NC3CC(O)C3)nc2C(=O)N2C3CCC2CC3)cn1.CC[C@@H](C)Nc1cc(C)c(-c2sc(C(=O)N[C@H](C)CO)nc2C(=O)N2C3CCC2CC3)cn1.Cc1cc(NC(C)C)ncc1-c1sc(C(=O)N[C@@H]2COC[C@@H]2O)nc1C(=O)N1C2CCC1CC2.Cc1cc(NC(C)C)ncc1-c1sc(C(=O)N[C@H]2C[C@@H]2O)nc1C(=O)N1CCC[C@@H]1C. The molecule has 2 saturated carbocycles. The maximum Gasteiger partial charge on any atom is 0.280 e. The van der Waals surface area contributed by atoms with Crippen LogP contribution in [-0.4, -0.2) is 262 Å². The molecule has 8 aliphatic heterocycles. The Morgan fingerprint density at radius 3 is 1.04 bits per heavy atom. The van der Waals surface area contributed by atoms with Crippen molar-refractivity contribution in [2.24, 2.45) is 0 Å². The largest absolute Gasteiger partial charge is 0.394 e. The Balaban J connectivity index is 0.000000135. The molecule has 16 heterocycles. The average molecular weight is 1880 g/mol. The fourth-order valence-electron chi connectivity index (χ4n) is 19.0. The monoisotopic (exact) mass is 1880 g/mol. The molecule has 18 rings (SSSR count). The number of hydrogen-bond donors (Lipinski definition) is 12. The number of hydrogen-bond acceptors (Lipinski definition) is 29. The summed E-state index contributed by atoms with van der Waals surface area (Å²) in [6.07, 6.45) is 23.4. The van der Waals surface area contributed by atoms with Gasteiger partial charge >= 0.3 is 0 Å². The number of aliphatic hydroxyl groups excluding tert-OH is 4. The smallest absolute Gasteiger partial charge is 0.280 e. The van der Waals surface area contributed by atoms with Gasteiger partial charge in [0, 0.05) is 132 Å². The van der Waals surface area contributed by atoms with Crippen molar-refractivity contribution in [1.82, 2.24) is 80.7 Å². The van der Waals surface area contributed by atoms with Gasteiger partial charge in [-0.05, 0) is 252 Å². The Morgan fingerprint density at radius 1 is 0.424 bits per heavy atom. The quantitative estimate of drug-likeness (QED) is 0.0227. The van der Waals surface area contributed by atoms with E-state index in [1.807, 2.05) is 106 Å². The van der Waals surface area contributed by atoms with Gasteiger partial charge in [0.1, 0.15) is 46.0 Å². The van der Waals surface area contributed by atoms with Crippen molar-refractivity contribution in [2.45, 2.75) is 328 Å². The lowest BCUT2D eigenvalue weighted by Gasteiger charge is -2.31. The van der Waals surface area contributed by atoms with Gasteiger partial charge in [-0.15, -0.1) is 45.3 Å². The van der Waals surface area contributed by atoms with Gasteiger partial charge in [0.05, 0.1) is 69.7 Å². The number of nitrogens with one attached hydrogen (secondary N) is 8. The molecule has 37 heteroatoms. The highest BCUT2D eigenvalue weighted by Crippen LogP contribution is 2.46. The normalized spacial score (nSPS) is 24.0. The molecule has 12 N–H and O–H groups in total. The van der Waals surface area contributed by atoms with E-state index in [1.54, 1.807) is 31.7 Å². The number of aliphatic hydroxyl groups is 4. The lowest BCUT2D eigenvalue weighted by atomic mass is 9.89. The van der Waals surface area contributed by atoms with E-state index >= 15 is 0 Å². The summed E-state index contributed by atoms with van der Waals surface area (Å²) < 4.78 is 5.24. The van der Waals surface area contributed by atoms with Crippen LogP contribution in [0.25, 0.3) is 41.8 Å². The number of aryl methyl sites for hydroxylation is 4. The molecule has 0 unspecified atom stereocenters. The molecule has 8 amide bonds. The van der Waals surface area contributed by atoms with Crippen LogP contribution in [0.3, 0.4) is 0 Å². The molecule has 33 nitrogen and oxygen atoms in total. The summed E-state index contributed by atoms with van der Waals surface area (Å²) in [7, 11) is 0. The molecule has 10 aliphatic rings. The Labute approximate surface area is 786 Å². The molecule has 0 radical (unpaired) electrons. The molecule has 0 spiro atoms. The van der Waals surface area contributed by atoms with Crippen LogP contribution in [0.5, 0.6) is 0 Å². The number of rotatable bonds is 27. The number of nitrogens with zero attached hydrogens (tertiary/aromatic N) is 12. The second kappa shape index (κ2) is 41.8. The number of amides is 8. The van der Waals surface area contributed by atoms with E-state index in [-0.39, 0.29) is 154 Å². The number of carbonyl (C=O) groups excluding carboxylic acids is 8. The van der Waals surface area contributed by atoms with Gasteiger partial charge in [0.15, 0.2) is 20.0 Å². The predicted octanol–water partition coefficient (Wildman–Crippen LogP) is 12.8. The Hall–Kier alpha value is -10.1. The van der Waals surface area contributed by atoms with Crippen LogP contribution >= 0.6 is 45.3 Å². The van der Waals surface area contributed by atoms with Crippen molar-refractivity contribution < 1.29 is 63.5 Å².